The van der Waals surface area contributed by atoms with E-state index in [1.807, 2.05) is 84.9 Å². The lowest BCUT2D eigenvalue weighted by Gasteiger charge is -2.36. The first-order valence-electron chi connectivity index (χ1n) is 16.8. The Balaban J connectivity index is 1.12. The van der Waals surface area contributed by atoms with Gasteiger partial charge < -0.3 is 36.3 Å². The molecule has 0 saturated carbocycles. The molecule has 0 aromatic heterocycles. The van der Waals surface area contributed by atoms with Crippen LogP contribution in [0.25, 0.3) is 0 Å². The highest BCUT2D eigenvalue weighted by molar-refractivity contribution is 7.99. The van der Waals surface area contributed by atoms with E-state index in [1.54, 1.807) is 23.9 Å². The number of aliphatic hydroxyl groups is 1. The quantitative estimate of drug-likeness (QED) is 0.0513. The van der Waals surface area contributed by atoms with Crippen LogP contribution in [0.5, 0.6) is 0 Å². The SMILES string of the molecule is CC(=O)Nc1ccc(SC[C@@H]2C[C@H](c3ccc(CO)cc3)O[C@H](c3ccc(CNC(=O)CCCCC(=O)Nc4ccccc4N)cc3)O2)cc1. The second-order valence-corrected chi connectivity index (χ2v) is 13.3. The first-order chi connectivity index (χ1) is 24.2. The zero-order valence-corrected chi connectivity index (χ0v) is 28.9. The molecule has 1 fully saturated rings. The Labute approximate surface area is 297 Å². The summed E-state index contributed by atoms with van der Waals surface area (Å²) in [6, 6.07) is 30.5. The van der Waals surface area contributed by atoms with Gasteiger partial charge in [-0.2, -0.15) is 0 Å². The van der Waals surface area contributed by atoms with E-state index in [0.29, 0.717) is 55.8 Å². The number of nitrogens with two attached hydrogens (primary N) is 1. The van der Waals surface area contributed by atoms with Crippen LogP contribution in [-0.2, 0) is 37.0 Å². The van der Waals surface area contributed by atoms with Crippen LogP contribution >= 0.6 is 11.8 Å². The summed E-state index contributed by atoms with van der Waals surface area (Å²) in [6.07, 6.45) is 1.64. The van der Waals surface area contributed by atoms with E-state index in [4.69, 9.17) is 15.2 Å². The lowest BCUT2D eigenvalue weighted by Crippen LogP contribution is -2.31. The normalized spacial score (nSPS) is 17.1. The average molecular weight is 697 g/mol. The van der Waals surface area contributed by atoms with Gasteiger partial charge in [0.2, 0.25) is 17.7 Å². The zero-order chi connectivity index (χ0) is 35.3. The van der Waals surface area contributed by atoms with E-state index in [9.17, 15) is 19.5 Å². The lowest BCUT2D eigenvalue weighted by molar-refractivity contribution is -0.245. The standard InChI is InChI=1S/C39H44N4O6S/c1-26(45)42-31-18-20-33(21-19-31)50-25-32-22-36(29-14-12-28(24-44)13-15-29)49-39(48-32)30-16-10-27(11-17-30)23-41-37(46)8-4-5-9-38(47)43-35-7-3-2-6-34(35)40/h2-3,6-7,10-21,32,36,39,44H,4-5,8-9,22-25,40H2,1H3,(H,41,46)(H,42,45)(H,43,47)/t32-,36+,39+/m0/s1. The second-order valence-electron chi connectivity index (χ2n) is 12.2. The van der Waals surface area contributed by atoms with Crippen LogP contribution in [-0.4, -0.2) is 34.7 Å². The second kappa shape index (κ2) is 18.4. The Morgan fingerprint density at radius 1 is 0.800 bits per heavy atom. The molecular weight excluding hydrogens is 653 g/mol. The number of para-hydroxylation sites is 2. The van der Waals surface area contributed by atoms with Gasteiger partial charge in [-0.15, -0.1) is 11.8 Å². The number of unbranched alkanes of at least 4 members (excludes halogenated alkanes) is 1. The third-order valence-electron chi connectivity index (χ3n) is 8.26. The molecule has 10 nitrogen and oxygen atoms in total. The number of ether oxygens (including phenoxy) is 2. The minimum Gasteiger partial charge on any atom is -0.397 e. The van der Waals surface area contributed by atoms with Crippen molar-refractivity contribution in [3.63, 3.8) is 0 Å². The van der Waals surface area contributed by atoms with Gasteiger partial charge in [-0.05, 0) is 65.9 Å². The maximum atomic E-state index is 12.5. The molecule has 1 aliphatic rings. The van der Waals surface area contributed by atoms with E-state index >= 15 is 0 Å². The van der Waals surface area contributed by atoms with Gasteiger partial charge in [-0.25, -0.2) is 0 Å². The Hall–Kier alpha value is -4.68. The number of rotatable bonds is 15. The van der Waals surface area contributed by atoms with Gasteiger partial charge in [-0.1, -0.05) is 60.7 Å². The van der Waals surface area contributed by atoms with Gasteiger partial charge in [0.25, 0.3) is 0 Å². The number of benzene rings is 4. The summed E-state index contributed by atoms with van der Waals surface area (Å²) in [5.41, 5.74) is 11.4. The molecule has 262 valence electrons. The lowest BCUT2D eigenvalue weighted by atomic mass is 10.0. The number of hydrogen-bond acceptors (Lipinski definition) is 8. The fraction of sp³-hybridized carbons (Fsp3) is 0.308. The van der Waals surface area contributed by atoms with Crippen molar-refractivity contribution in [2.45, 2.75) is 75.6 Å². The topological polar surface area (TPSA) is 152 Å². The molecule has 5 rings (SSSR count). The summed E-state index contributed by atoms with van der Waals surface area (Å²) in [4.78, 5) is 37.1. The third kappa shape index (κ3) is 11.2. The molecule has 0 bridgehead atoms. The van der Waals surface area contributed by atoms with Gasteiger partial charge in [0, 0.05) is 54.6 Å². The molecule has 50 heavy (non-hydrogen) atoms. The Bertz CT molecular complexity index is 1720. The number of nitrogen functional groups attached to an aromatic ring is 1. The molecule has 0 aliphatic carbocycles. The summed E-state index contributed by atoms with van der Waals surface area (Å²) in [5, 5.41) is 18.1. The monoisotopic (exact) mass is 696 g/mol. The summed E-state index contributed by atoms with van der Waals surface area (Å²) in [5.74, 6) is 0.408. The predicted molar refractivity (Wildman–Crippen MR) is 196 cm³/mol. The van der Waals surface area contributed by atoms with Gasteiger partial charge in [0.1, 0.15) is 0 Å². The van der Waals surface area contributed by atoms with Crippen molar-refractivity contribution in [3.8, 4) is 0 Å². The molecule has 3 atom stereocenters. The highest BCUT2D eigenvalue weighted by atomic mass is 32.2. The summed E-state index contributed by atoms with van der Waals surface area (Å²) in [7, 11) is 0. The first-order valence-corrected chi connectivity index (χ1v) is 17.7. The molecule has 0 radical (unpaired) electrons. The van der Waals surface area contributed by atoms with Crippen LogP contribution in [0.15, 0.2) is 102 Å². The Kier molecular flexibility index (Phi) is 13.4. The number of hydrogen-bond donors (Lipinski definition) is 5. The maximum Gasteiger partial charge on any atom is 0.224 e. The highest BCUT2D eigenvalue weighted by Crippen LogP contribution is 2.39. The number of carbonyl (C=O) groups excluding carboxylic acids is 3. The first kappa shape index (κ1) is 36.6. The van der Waals surface area contributed by atoms with E-state index in [0.717, 1.165) is 32.8 Å². The van der Waals surface area contributed by atoms with Gasteiger partial charge in [0.15, 0.2) is 6.29 Å². The number of aliphatic hydroxyl groups excluding tert-OH is 1. The number of thioether (sulfide) groups is 1. The van der Waals surface area contributed by atoms with Crippen LogP contribution in [0.3, 0.4) is 0 Å². The molecule has 0 spiro atoms. The van der Waals surface area contributed by atoms with Gasteiger partial charge in [0.05, 0.1) is 30.2 Å². The summed E-state index contributed by atoms with van der Waals surface area (Å²) >= 11 is 1.68. The zero-order valence-electron chi connectivity index (χ0n) is 28.1. The van der Waals surface area contributed by atoms with E-state index < -0.39 is 6.29 Å². The molecule has 11 heteroatoms. The summed E-state index contributed by atoms with van der Waals surface area (Å²) in [6.45, 7) is 1.86. The van der Waals surface area contributed by atoms with E-state index in [1.165, 1.54) is 6.92 Å². The Morgan fingerprint density at radius 2 is 1.46 bits per heavy atom. The number of nitrogens with one attached hydrogen (secondary N) is 3. The van der Waals surface area contributed by atoms with Crippen LogP contribution < -0.4 is 21.7 Å². The summed E-state index contributed by atoms with van der Waals surface area (Å²) < 4.78 is 12.9. The smallest absolute Gasteiger partial charge is 0.224 e. The number of carbonyl (C=O) groups is 3. The maximum absolute atomic E-state index is 12.5. The van der Waals surface area contributed by atoms with Crippen LogP contribution in [0, 0.1) is 0 Å². The predicted octanol–water partition coefficient (Wildman–Crippen LogP) is 6.87. The molecule has 4 aromatic rings. The van der Waals surface area contributed by atoms with Crippen molar-refractivity contribution in [2.24, 2.45) is 0 Å². The molecule has 6 N–H and O–H groups in total. The molecule has 4 aromatic carbocycles. The molecule has 1 aliphatic heterocycles. The minimum absolute atomic E-state index is 0.0193. The van der Waals surface area contributed by atoms with Crippen molar-refractivity contribution in [1.29, 1.82) is 0 Å². The Morgan fingerprint density at radius 3 is 2.14 bits per heavy atom. The van der Waals surface area contributed by atoms with Crippen molar-refractivity contribution >= 4 is 46.5 Å². The molecular formula is C39H44N4O6S. The van der Waals surface area contributed by atoms with Crippen molar-refractivity contribution in [1.82, 2.24) is 5.32 Å². The van der Waals surface area contributed by atoms with Crippen molar-refractivity contribution < 1.29 is 29.0 Å². The molecule has 0 unspecified atom stereocenters. The van der Waals surface area contributed by atoms with Gasteiger partial charge >= 0.3 is 0 Å². The highest BCUT2D eigenvalue weighted by Gasteiger charge is 2.32. The average Bonchev–Trinajstić information content (AvgIpc) is 3.13. The third-order valence-corrected chi connectivity index (χ3v) is 9.40. The largest absolute Gasteiger partial charge is 0.397 e. The van der Waals surface area contributed by atoms with Crippen LogP contribution in [0.2, 0.25) is 0 Å². The minimum atomic E-state index is -0.585. The van der Waals surface area contributed by atoms with Crippen LogP contribution in [0.4, 0.5) is 17.1 Å². The molecule has 1 heterocycles. The van der Waals surface area contributed by atoms with E-state index in [-0.39, 0.29) is 36.5 Å². The molecule has 3 amide bonds. The van der Waals surface area contributed by atoms with Gasteiger partial charge in [-0.3, -0.25) is 14.4 Å². The fourth-order valence-electron chi connectivity index (χ4n) is 5.53. The van der Waals surface area contributed by atoms with E-state index in [2.05, 4.69) is 16.0 Å². The molecule has 1 saturated heterocycles. The number of anilines is 3. The van der Waals surface area contributed by atoms with Crippen molar-refractivity contribution in [2.75, 3.05) is 22.1 Å². The van der Waals surface area contributed by atoms with Crippen molar-refractivity contribution in [3.05, 3.63) is 119 Å². The van der Waals surface area contributed by atoms with Crippen LogP contribution in [0.1, 0.15) is 73.7 Å². The fourth-order valence-corrected chi connectivity index (χ4v) is 6.45. The number of amides is 3.